The maximum Gasteiger partial charge on any atom is 0.192 e. The third-order valence-corrected chi connectivity index (χ3v) is 11.1. The first kappa shape index (κ1) is 23.4. The van der Waals surface area contributed by atoms with Gasteiger partial charge in [0.15, 0.2) is 11.5 Å². The smallest absolute Gasteiger partial charge is 0.192 e. The average molecular weight is 495 g/mol. The van der Waals surface area contributed by atoms with Crippen LogP contribution in [0.25, 0.3) is 16.7 Å². The molecular weight excluding hydrogens is 456 g/mol. The van der Waals surface area contributed by atoms with E-state index < -0.39 is 29.0 Å². The molecule has 7 nitrogen and oxygen atoms in total. The minimum absolute atomic E-state index is 0.120. The lowest BCUT2D eigenvalue weighted by atomic mass is 9.51. The van der Waals surface area contributed by atoms with Crippen LogP contribution in [0, 0.1) is 24.2 Å². The van der Waals surface area contributed by atoms with Crippen LogP contribution < -0.4 is 0 Å². The largest absolute Gasteiger partial charge is 0.441 e. The maximum absolute atomic E-state index is 12.3. The van der Waals surface area contributed by atoms with Crippen molar-refractivity contribution >= 4 is 16.7 Å². The molecular formula is C29H38N2O5. The second-order valence-corrected chi connectivity index (χ2v) is 12.9. The molecule has 5 aliphatic rings. The molecule has 1 aromatic carbocycles. The Kier molecular flexibility index (Phi) is 4.67. The zero-order chi connectivity index (χ0) is 25.3. The van der Waals surface area contributed by atoms with Gasteiger partial charge in [0.2, 0.25) is 0 Å². The topological polar surface area (TPSA) is 99.2 Å². The first-order valence-electron chi connectivity index (χ1n) is 13.6. The molecule has 194 valence electrons. The van der Waals surface area contributed by atoms with Crippen LogP contribution in [0.3, 0.4) is 0 Å². The molecule has 3 unspecified atom stereocenters. The number of hydrogen-bond donors (Lipinski definition) is 3. The van der Waals surface area contributed by atoms with Crippen molar-refractivity contribution < 1.29 is 24.5 Å². The lowest BCUT2D eigenvalue weighted by molar-refractivity contribution is -0.331. The summed E-state index contributed by atoms with van der Waals surface area (Å²) < 4.78 is 12.9. The van der Waals surface area contributed by atoms with Crippen LogP contribution >= 0.6 is 0 Å². The van der Waals surface area contributed by atoms with E-state index in [0.717, 1.165) is 36.8 Å². The summed E-state index contributed by atoms with van der Waals surface area (Å²) in [5, 5.41) is 34.4. The molecule has 1 aromatic heterocycles. The molecule has 7 rings (SSSR count). The van der Waals surface area contributed by atoms with Gasteiger partial charge in [-0.25, -0.2) is 4.98 Å². The highest BCUT2D eigenvalue weighted by Crippen LogP contribution is 2.71. The second-order valence-electron chi connectivity index (χ2n) is 12.9. The number of oxazole rings is 1. The summed E-state index contributed by atoms with van der Waals surface area (Å²) in [7, 11) is 3.92. The number of likely N-dealkylation sites (N-methyl/N-ethyl adjacent to an activating group) is 1. The molecule has 0 radical (unpaired) electrons. The van der Waals surface area contributed by atoms with Gasteiger partial charge in [-0.15, -0.1) is 0 Å². The molecule has 36 heavy (non-hydrogen) atoms. The summed E-state index contributed by atoms with van der Waals surface area (Å²) in [6, 6.07) is 6.13. The van der Waals surface area contributed by atoms with E-state index in [4.69, 9.17) is 9.15 Å². The maximum atomic E-state index is 12.3. The SMILES string of the molecule is Cc1nc2cc(C3=CCC4[C@@]56CC[C@]7(C[C@H](N(C)C)[C@@H](O)[C@H](O)C7CC5(O)CC[C@]34C)O6)ccc2o1. The number of fused-ring (bicyclic) bond motifs is 2. The van der Waals surface area contributed by atoms with E-state index in [1.54, 1.807) is 0 Å². The van der Waals surface area contributed by atoms with Gasteiger partial charge in [0.1, 0.15) is 11.1 Å². The highest BCUT2D eigenvalue weighted by atomic mass is 16.6. The third-order valence-electron chi connectivity index (χ3n) is 11.1. The van der Waals surface area contributed by atoms with Gasteiger partial charge in [-0.2, -0.15) is 0 Å². The number of nitrogens with zero attached hydrogens (tertiary/aromatic N) is 2. The van der Waals surface area contributed by atoms with Crippen LogP contribution in [0.2, 0.25) is 0 Å². The van der Waals surface area contributed by atoms with Gasteiger partial charge < -0.3 is 29.4 Å². The number of aryl methyl sites for hydroxylation is 1. The summed E-state index contributed by atoms with van der Waals surface area (Å²) in [6.07, 6.45) is 5.80. The monoisotopic (exact) mass is 494 g/mol. The predicted molar refractivity (Wildman–Crippen MR) is 135 cm³/mol. The molecule has 4 fully saturated rings. The molecule has 3 aliphatic carbocycles. The Bertz CT molecular complexity index is 1270. The fraction of sp³-hybridized carbons (Fsp3) is 0.690. The standard InChI is InChI=1S/C29H38N2O5/c1-16-30-20-13-17(5-7-22(20)35-16)18-6-8-23-26(18,2)9-11-28(34)14-19-24(32)25(33)21(31(3)4)15-27(19)10-12-29(23,28)36-27/h5-7,13,19,21,23-25,32-34H,8-12,14-15H2,1-4H3/t19?,21-,23?,24+,25+,26+,27+,28?,29-/m0/s1. The molecule has 2 spiro atoms. The average Bonchev–Trinajstić information content (AvgIpc) is 3.49. The van der Waals surface area contributed by atoms with E-state index in [0.29, 0.717) is 25.2 Å². The van der Waals surface area contributed by atoms with Crippen LogP contribution in [0.15, 0.2) is 28.7 Å². The summed E-state index contributed by atoms with van der Waals surface area (Å²) in [5.74, 6) is 0.585. The molecule has 3 N–H and O–H groups in total. The first-order valence-corrected chi connectivity index (χ1v) is 13.6. The zero-order valence-corrected chi connectivity index (χ0v) is 21.7. The van der Waals surface area contributed by atoms with Crippen molar-refractivity contribution in [3.63, 3.8) is 0 Å². The van der Waals surface area contributed by atoms with E-state index in [1.807, 2.05) is 32.0 Å². The molecule has 2 saturated carbocycles. The van der Waals surface area contributed by atoms with Crippen LogP contribution in [0.4, 0.5) is 0 Å². The van der Waals surface area contributed by atoms with Gasteiger partial charge in [-0.1, -0.05) is 19.1 Å². The summed E-state index contributed by atoms with van der Waals surface area (Å²) >= 11 is 0. The molecule has 2 aromatic rings. The summed E-state index contributed by atoms with van der Waals surface area (Å²) in [5.41, 5.74) is 1.93. The van der Waals surface area contributed by atoms with Gasteiger partial charge in [0.25, 0.3) is 0 Å². The van der Waals surface area contributed by atoms with Crippen molar-refractivity contribution in [1.29, 1.82) is 0 Å². The number of aliphatic hydroxyl groups excluding tert-OH is 2. The minimum atomic E-state index is -0.996. The van der Waals surface area contributed by atoms with Gasteiger partial charge in [-0.05, 0) is 87.7 Å². The van der Waals surface area contributed by atoms with Crippen molar-refractivity contribution in [2.24, 2.45) is 17.3 Å². The van der Waals surface area contributed by atoms with Gasteiger partial charge >= 0.3 is 0 Å². The minimum Gasteiger partial charge on any atom is -0.441 e. The zero-order valence-electron chi connectivity index (χ0n) is 21.7. The van der Waals surface area contributed by atoms with Gasteiger partial charge in [0.05, 0.1) is 23.4 Å². The molecule has 7 heteroatoms. The summed E-state index contributed by atoms with van der Waals surface area (Å²) in [4.78, 5) is 6.57. The number of allylic oxidation sites excluding steroid dienone is 2. The Hall–Kier alpha value is -1.77. The van der Waals surface area contributed by atoms with Gasteiger partial charge in [0, 0.05) is 24.8 Å². The van der Waals surface area contributed by atoms with Crippen molar-refractivity contribution in [1.82, 2.24) is 9.88 Å². The van der Waals surface area contributed by atoms with E-state index >= 15 is 0 Å². The molecule has 0 amide bonds. The van der Waals surface area contributed by atoms with Crippen molar-refractivity contribution in [2.45, 2.75) is 93.8 Å². The highest BCUT2D eigenvalue weighted by Gasteiger charge is 2.76. The van der Waals surface area contributed by atoms with E-state index in [9.17, 15) is 15.3 Å². The Morgan fingerprint density at radius 1 is 1.06 bits per heavy atom. The number of ether oxygens (including phenoxy) is 1. The fourth-order valence-corrected chi connectivity index (χ4v) is 9.27. The van der Waals surface area contributed by atoms with Crippen molar-refractivity contribution in [2.75, 3.05) is 14.1 Å². The number of aliphatic hydroxyl groups is 3. The number of benzene rings is 1. The van der Waals surface area contributed by atoms with Crippen molar-refractivity contribution in [3.8, 4) is 0 Å². The van der Waals surface area contributed by atoms with Crippen LogP contribution in [-0.2, 0) is 4.74 Å². The van der Waals surface area contributed by atoms with E-state index in [2.05, 4.69) is 30.1 Å². The van der Waals surface area contributed by atoms with Crippen LogP contribution in [-0.4, -0.2) is 74.4 Å². The molecule has 9 atom stereocenters. The molecule has 2 aliphatic heterocycles. The highest BCUT2D eigenvalue weighted by molar-refractivity contribution is 5.82. The normalized spacial score (nSPS) is 47.6. The van der Waals surface area contributed by atoms with Gasteiger partial charge in [-0.3, -0.25) is 0 Å². The lowest BCUT2D eigenvalue weighted by Crippen LogP contribution is -2.73. The van der Waals surface area contributed by atoms with Crippen LogP contribution in [0.5, 0.6) is 0 Å². The third kappa shape index (κ3) is 2.73. The molecule has 2 bridgehead atoms. The predicted octanol–water partition coefficient (Wildman–Crippen LogP) is 3.43. The number of hydrogen-bond acceptors (Lipinski definition) is 7. The first-order chi connectivity index (χ1) is 17.0. The Morgan fingerprint density at radius 3 is 2.64 bits per heavy atom. The second kappa shape index (κ2) is 7.20. The van der Waals surface area contributed by atoms with E-state index in [1.165, 1.54) is 11.1 Å². The Balaban J connectivity index is 1.27. The molecule has 2 saturated heterocycles. The quantitative estimate of drug-likeness (QED) is 0.588. The lowest BCUT2D eigenvalue weighted by Gasteiger charge is -2.65. The Labute approximate surface area is 212 Å². The molecule has 3 heterocycles. The Morgan fingerprint density at radius 2 is 1.86 bits per heavy atom. The fourth-order valence-electron chi connectivity index (χ4n) is 9.27. The van der Waals surface area contributed by atoms with Crippen molar-refractivity contribution in [3.05, 3.63) is 35.7 Å². The van der Waals surface area contributed by atoms with E-state index in [-0.39, 0.29) is 23.3 Å². The van der Waals surface area contributed by atoms with Crippen LogP contribution in [0.1, 0.15) is 63.3 Å². The number of rotatable bonds is 2. The summed E-state index contributed by atoms with van der Waals surface area (Å²) in [6.45, 7) is 4.23. The number of aromatic nitrogens is 1.